The monoisotopic (exact) mass is 334 g/mol. The molecule has 0 bridgehead atoms. The quantitative estimate of drug-likeness (QED) is 0.759. The predicted molar refractivity (Wildman–Crippen MR) is 89.2 cm³/mol. The molecule has 0 aliphatic carbocycles. The van der Waals surface area contributed by atoms with Gasteiger partial charge in [-0.2, -0.15) is 5.10 Å². The van der Waals surface area contributed by atoms with E-state index in [2.05, 4.69) is 20.8 Å². The van der Waals surface area contributed by atoms with E-state index in [1.165, 1.54) is 6.92 Å². The predicted octanol–water partition coefficient (Wildman–Crippen LogP) is 2.83. The van der Waals surface area contributed by atoms with Gasteiger partial charge in [-0.05, 0) is 24.1 Å². The van der Waals surface area contributed by atoms with Gasteiger partial charge in [0.2, 0.25) is 11.8 Å². The topological polar surface area (TPSA) is 86.9 Å². The Morgan fingerprint density at radius 1 is 1.30 bits per heavy atom. The number of aromatic nitrogens is 2. The number of amides is 2. The van der Waals surface area contributed by atoms with Gasteiger partial charge in [-0.1, -0.05) is 30.7 Å². The van der Waals surface area contributed by atoms with Crippen LogP contribution < -0.4 is 10.6 Å². The molecule has 7 heteroatoms. The van der Waals surface area contributed by atoms with E-state index in [0.29, 0.717) is 10.8 Å². The van der Waals surface area contributed by atoms with Crippen LogP contribution >= 0.6 is 11.6 Å². The molecule has 0 saturated heterocycles. The van der Waals surface area contributed by atoms with Crippen LogP contribution in [-0.2, 0) is 16.0 Å². The van der Waals surface area contributed by atoms with E-state index in [0.717, 1.165) is 17.7 Å². The molecule has 0 spiro atoms. The summed E-state index contributed by atoms with van der Waals surface area (Å²) in [6, 6.07) is 8.40. The largest absolute Gasteiger partial charge is 0.349 e. The van der Waals surface area contributed by atoms with Gasteiger partial charge in [-0.3, -0.25) is 14.7 Å². The highest BCUT2D eigenvalue weighted by Gasteiger charge is 2.18. The Hall–Kier alpha value is -2.34. The Morgan fingerprint density at radius 2 is 2.00 bits per heavy atom. The number of carbonyl (C=O) groups is 2. The molecule has 1 atom stereocenters. The fraction of sp³-hybridized carbons (Fsp3) is 0.312. The summed E-state index contributed by atoms with van der Waals surface area (Å²) in [5, 5.41) is 13.0. The van der Waals surface area contributed by atoms with Crippen LogP contribution in [0.5, 0.6) is 0 Å². The molecule has 2 rings (SSSR count). The number of hydrogen-bond donors (Lipinski definition) is 3. The fourth-order valence-corrected chi connectivity index (χ4v) is 2.30. The van der Waals surface area contributed by atoms with Gasteiger partial charge in [0.1, 0.15) is 0 Å². The van der Waals surface area contributed by atoms with Gasteiger partial charge in [0.05, 0.1) is 12.5 Å². The number of H-pyrrole nitrogens is 1. The summed E-state index contributed by atoms with van der Waals surface area (Å²) >= 11 is 5.87. The standard InChI is InChI=1S/C16H19ClN4O2/c1-3-13-8-15(21-20-13)19-16(23)9-14(18-10(2)22)11-4-6-12(17)7-5-11/h4-8,14H,3,9H2,1-2H3,(H,18,22)(H2,19,20,21,23)/t14-/m1/s1. The molecule has 122 valence electrons. The van der Waals surface area contributed by atoms with Crippen molar-refractivity contribution in [3.8, 4) is 0 Å². The van der Waals surface area contributed by atoms with Crippen LogP contribution in [0.25, 0.3) is 0 Å². The summed E-state index contributed by atoms with van der Waals surface area (Å²) in [6.45, 7) is 3.41. The summed E-state index contributed by atoms with van der Waals surface area (Å²) in [4.78, 5) is 23.6. The van der Waals surface area contributed by atoms with Gasteiger partial charge < -0.3 is 10.6 Å². The van der Waals surface area contributed by atoms with Crippen LogP contribution in [0, 0.1) is 0 Å². The normalized spacial score (nSPS) is 11.8. The average Bonchev–Trinajstić information content (AvgIpc) is 2.94. The number of anilines is 1. The molecule has 1 aromatic carbocycles. The van der Waals surface area contributed by atoms with Gasteiger partial charge in [0, 0.05) is 23.7 Å². The van der Waals surface area contributed by atoms with Crippen molar-refractivity contribution in [3.63, 3.8) is 0 Å². The van der Waals surface area contributed by atoms with Gasteiger partial charge in [-0.25, -0.2) is 0 Å². The minimum atomic E-state index is -0.422. The van der Waals surface area contributed by atoms with Gasteiger partial charge >= 0.3 is 0 Å². The van der Waals surface area contributed by atoms with E-state index in [-0.39, 0.29) is 18.2 Å². The molecule has 6 nitrogen and oxygen atoms in total. The van der Waals surface area contributed by atoms with Crippen molar-refractivity contribution in [3.05, 3.63) is 46.6 Å². The number of nitrogens with one attached hydrogen (secondary N) is 3. The number of benzene rings is 1. The Kier molecular flexibility index (Phi) is 5.76. The Morgan fingerprint density at radius 3 is 2.57 bits per heavy atom. The third kappa shape index (κ3) is 5.10. The van der Waals surface area contributed by atoms with Crippen molar-refractivity contribution < 1.29 is 9.59 Å². The van der Waals surface area contributed by atoms with Crippen LogP contribution in [0.15, 0.2) is 30.3 Å². The first-order chi connectivity index (χ1) is 11.0. The number of hydrogen-bond acceptors (Lipinski definition) is 3. The lowest BCUT2D eigenvalue weighted by atomic mass is 10.0. The van der Waals surface area contributed by atoms with Gasteiger partial charge in [0.15, 0.2) is 5.82 Å². The van der Waals surface area contributed by atoms with Crippen molar-refractivity contribution in [1.29, 1.82) is 0 Å². The maximum Gasteiger partial charge on any atom is 0.227 e. The van der Waals surface area contributed by atoms with E-state index in [1.807, 2.05) is 6.92 Å². The second kappa shape index (κ2) is 7.78. The van der Waals surface area contributed by atoms with E-state index < -0.39 is 6.04 Å². The lowest BCUT2D eigenvalue weighted by molar-refractivity contribution is -0.120. The first-order valence-corrected chi connectivity index (χ1v) is 7.72. The summed E-state index contributed by atoms with van der Waals surface area (Å²) < 4.78 is 0. The Bertz CT molecular complexity index is 682. The fourth-order valence-electron chi connectivity index (χ4n) is 2.18. The highest BCUT2D eigenvalue weighted by atomic mass is 35.5. The molecule has 23 heavy (non-hydrogen) atoms. The second-order valence-corrected chi connectivity index (χ2v) is 5.63. The number of halogens is 1. The van der Waals surface area contributed by atoms with Crippen LogP contribution in [0.2, 0.25) is 5.02 Å². The Labute approximate surface area is 139 Å². The molecule has 1 heterocycles. The molecule has 0 aliphatic rings. The lowest BCUT2D eigenvalue weighted by Gasteiger charge is -2.17. The van der Waals surface area contributed by atoms with Gasteiger partial charge in [-0.15, -0.1) is 0 Å². The molecule has 1 aromatic heterocycles. The zero-order valence-corrected chi connectivity index (χ0v) is 13.8. The third-order valence-electron chi connectivity index (χ3n) is 3.32. The zero-order valence-electron chi connectivity index (χ0n) is 13.0. The summed E-state index contributed by atoms with van der Waals surface area (Å²) in [7, 11) is 0. The molecule has 3 N–H and O–H groups in total. The summed E-state index contributed by atoms with van der Waals surface area (Å²) in [6.07, 6.45) is 0.914. The average molecular weight is 335 g/mol. The maximum atomic E-state index is 12.2. The van der Waals surface area contributed by atoms with E-state index in [9.17, 15) is 9.59 Å². The molecule has 0 saturated carbocycles. The van der Waals surface area contributed by atoms with E-state index in [4.69, 9.17) is 11.6 Å². The first kappa shape index (κ1) is 17.0. The van der Waals surface area contributed by atoms with E-state index in [1.54, 1.807) is 30.3 Å². The molecular weight excluding hydrogens is 316 g/mol. The molecule has 0 radical (unpaired) electrons. The number of rotatable bonds is 6. The highest BCUT2D eigenvalue weighted by molar-refractivity contribution is 6.30. The SMILES string of the molecule is CCc1cc(NC(=O)C[C@@H](NC(C)=O)c2ccc(Cl)cc2)n[nH]1. The smallest absolute Gasteiger partial charge is 0.227 e. The summed E-state index contributed by atoms with van der Waals surface area (Å²) in [5.41, 5.74) is 1.76. The number of nitrogens with zero attached hydrogens (tertiary/aromatic N) is 1. The number of aromatic amines is 1. The molecule has 0 fully saturated rings. The number of aryl methyl sites for hydroxylation is 1. The summed E-state index contributed by atoms with van der Waals surface area (Å²) in [5.74, 6) is 0.0446. The van der Waals surface area contributed by atoms with Crippen molar-refractivity contribution in [2.45, 2.75) is 32.7 Å². The molecule has 0 unspecified atom stereocenters. The first-order valence-electron chi connectivity index (χ1n) is 7.34. The second-order valence-electron chi connectivity index (χ2n) is 5.19. The van der Waals surface area contributed by atoms with Gasteiger partial charge in [0.25, 0.3) is 0 Å². The van der Waals surface area contributed by atoms with Crippen LogP contribution in [0.3, 0.4) is 0 Å². The molecule has 2 amide bonds. The van der Waals surface area contributed by atoms with Crippen LogP contribution in [0.4, 0.5) is 5.82 Å². The van der Waals surface area contributed by atoms with Crippen LogP contribution in [-0.4, -0.2) is 22.0 Å². The van der Waals surface area contributed by atoms with E-state index >= 15 is 0 Å². The lowest BCUT2D eigenvalue weighted by Crippen LogP contribution is -2.29. The third-order valence-corrected chi connectivity index (χ3v) is 3.57. The van der Waals surface area contributed by atoms with Crippen molar-refractivity contribution in [2.75, 3.05) is 5.32 Å². The van der Waals surface area contributed by atoms with Crippen molar-refractivity contribution in [2.24, 2.45) is 0 Å². The van der Waals surface area contributed by atoms with Crippen LogP contribution in [0.1, 0.15) is 37.6 Å². The highest BCUT2D eigenvalue weighted by Crippen LogP contribution is 2.20. The molecule has 2 aromatic rings. The maximum absolute atomic E-state index is 12.2. The van der Waals surface area contributed by atoms with Crippen molar-refractivity contribution >= 4 is 29.2 Å². The number of carbonyl (C=O) groups excluding carboxylic acids is 2. The minimum absolute atomic E-state index is 0.107. The molecular formula is C16H19ClN4O2. The Balaban J connectivity index is 2.05. The zero-order chi connectivity index (χ0) is 16.8. The van der Waals surface area contributed by atoms with Crippen molar-refractivity contribution in [1.82, 2.24) is 15.5 Å². The molecule has 0 aliphatic heterocycles. The minimum Gasteiger partial charge on any atom is -0.349 e.